The number of amides is 3. The van der Waals surface area contributed by atoms with Gasteiger partial charge in [0.2, 0.25) is 17.7 Å². The van der Waals surface area contributed by atoms with Gasteiger partial charge in [-0.25, -0.2) is 4.79 Å². The molecule has 30 heavy (non-hydrogen) atoms. The molecule has 0 spiro atoms. The van der Waals surface area contributed by atoms with Crippen LogP contribution in [-0.2, 0) is 19.2 Å². The van der Waals surface area contributed by atoms with Gasteiger partial charge in [0.25, 0.3) is 0 Å². The van der Waals surface area contributed by atoms with Gasteiger partial charge in [0.15, 0.2) is 12.0 Å². The maximum atomic E-state index is 12.5. The first-order valence-corrected chi connectivity index (χ1v) is 9.14. The summed E-state index contributed by atoms with van der Waals surface area (Å²) in [5, 5.41) is 34.5. The third-order valence-corrected chi connectivity index (χ3v) is 3.85. The van der Waals surface area contributed by atoms with Crippen LogP contribution in [0, 0.1) is 0 Å². The summed E-state index contributed by atoms with van der Waals surface area (Å²) < 4.78 is 0. The molecule has 0 bridgehead atoms. The first-order valence-electron chi connectivity index (χ1n) is 9.14. The van der Waals surface area contributed by atoms with E-state index in [1.165, 1.54) is 6.92 Å². The molecule has 0 aliphatic carbocycles. The molecule has 0 fully saturated rings. The molecule has 0 aromatic heterocycles. The van der Waals surface area contributed by atoms with E-state index in [0.717, 1.165) is 6.92 Å². The Morgan fingerprint density at radius 1 is 0.967 bits per heavy atom. The normalized spacial score (nSPS) is 15.6. The van der Waals surface area contributed by atoms with Gasteiger partial charge in [-0.3, -0.25) is 19.4 Å². The number of nitrogens with one attached hydrogen (secondary N) is 3. The van der Waals surface area contributed by atoms with E-state index in [4.69, 9.17) is 22.3 Å². The van der Waals surface area contributed by atoms with E-state index in [2.05, 4.69) is 15.6 Å². The third-order valence-electron chi connectivity index (χ3n) is 3.85. The molecule has 5 unspecified atom stereocenters. The minimum Gasteiger partial charge on any atom is -0.480 e. The van der Waals surface area contributed by atoms with Crippen molar-refractivity contribution in [3.8, 4) is 0 Å². The highest BCUT2D eigenvalue weighted by molar-refractivity contribution is 5.94. The maximum Gasteiger partial charge on any atom is 0.328 e. The van der Waals surface area contributed by atoms with Crippen molar-refractivity contribution in [1.82, 2.24) is 16.0 Å². The van der Waals surface area contributed by atoms with Crippen molar-refractivity contribution < 1.29 is 34.5 Å². The fourth-order valence-corrected chi connectivity index (χ4v) is 2.18. The number of carbonyl (C=O) groups is 4. The average molecular weight is 433 g/mol. The number of carbonyl (C=O) groups excluding carboxylic acids is 3. The van der Waals surface area contributed by atoms with Crippen LogP contribution in [0.25, 0.3) is 0 Å². The number of nitrogens with two attached hydrogens (primary N) is 3. The zero-order valence-electron chi connectivity index (χ0n) is 16.9. The quantitative estimate of drug-likeness (QED) is 0.0761. The highest BCUT2D eigenvalue weighted by Crippen LogP contribution is 2.01. The lowest BCUT2D eigenvalue weighted by Crippen LogP contribution is -2.59. The highest BCUT2D eigenvalue weighted by Gasteiger charge is 2.31. The molecule has 14 heteroatoms. The fourth-order valence-electron chi connectivity index (χ4n) is 2.18. The Morgan fingerprint density at radius 2 is 1.50 bits per heavy atom. The highest BCUT2D eigenvalue weighted by atomic mass is 16.4. The molecule has 172 valence electrons. The van der Waals surface area contributed by atoms with Crippen LogP contribution in [-0.4, -0.2) is 88.4 Å². The molecule has 0 aromatic rings. The average Bonchev–Trinajstić information content (AvgIpc) is 2.64. The minimum atomic E-state index is -1.64. The number of hydrogen-bond donors (Lipinski definition) is 9. The van der Waals surface area contributed by atoms with E-state index in [1.54, 1.807) is 0 Å². The third kappa shape index (κ3) is 9.99. The van der Waals surface area contributed by atoms with Crippen molar-refractivity contribution in [2.24, 2.45) is 22.2 Å². The lowest BCUT2D eigenvalue weighted by atomic mass is 10.1. The van der Waals surface area contributed by atoms with Crippen LogP contribution in [0.15, 0.2) is 4.99 Å². The number of guanidine groups is 1. The van der Waals surface area contributed by atoms with Crippen molar-refractivity contribution in [3.63, 3.8) is 0 Å². The molecule has 0 aliphatic rings. The van der Waals surface area contributed by atoms with E-state index in [9.17, 15) is 29.4 Å². The predicted molar refractivity (Wildman–Crippen MR) is 106 cm³/mol. The van der Waals surface area contributed by atoms with Crippen LogP contribution < -0.4 is 33.2 Å². The topological polar surface area (TPSA) is 255 Å². The SMILES string of the molecule is CC(N)C(=O)NC(CCCN=C(N)N)C(=O)NC(CO)C(=O)NC(C(=O)O)C(C)O. The van der Waals surface area contributed by atoms with Crippen molar-refractivity contribution >= 4 is 29.7 Å². The first-order chi connectivity index (χ1) is 13.9. The van der Waals surface area contributed by atoms with Crippen LogP contribution in [0.2, 0.25) is 0 Å². The predicted octanol–water partition coefficient (Wildman–Crippen LogP) is -4.70. The number of carboxylic acid groups (broad SMARTS) is 1. The van der Waals surface area contributed by atoms with Gasteiger partial charge in [0.1, 0.15) is 12.1 Å². The van der Waals surface area contributed by atoms with Crippen LogP contribution in [0.5, 0.6) is 0 Å². The summed E-state index contributed by atoms with van der Waals surface area (Å²) in [5.74, 6) is -4.10. The summed E-state index contributed by atoms with van der Waals surface area (Å²) in [6.07, 6.45) is -1.03. The van der Waals surface area contributed by atoms with Gasteiger partial charge in [-0.15, -0.1) is 0 Å². The van der Waals surface area contributed by atoms with Crippen LogP contribution in [0.4, 0.5) is 0 Å². The van der Waals surface area contributed by atoms with Gasteiger partial charge >= 0.3 is 5.97 Å². The second kappa shape index (κ2) is 13.3. The van der Waals surface area contributed by atoms with Gasteiger partial charge < -0.3 is 48.5 Å². The molecule has 0 aliphatic heterocycles. The zero-order chi connectivity index (χ0) is 23.4. The monoisotopic (exact) mass is 433 g/mol. The van der Waals surface area contributed by atoms with Crippen molar-refractivity contribution in [2.45, 2.75) is 57.0 Å². The Hall–Kier alpha value is -2.97. The number of aliphatic carboxylic acids is 1. The summed E-state index contributed by atoms with van der Waals surface area (Å²) in [4.78, 5) is 51.5. The summed E-state index contributed by atoms with van der Waals surface area (Å²) in [7, 11) is 0. The lowest BCUT2D eigenvalue weighted by Gasteiger charge is -2.24. The van der Waals surface area contributed by atoms with E-state index in [1.807, 2.05) is 5.32 Å². The number of aliphatic hydroxyl groups excluding tert-OH is 2. The number of aliphatic hydroxyl groups is 2. The van der Waals surface area contributed by atoms with E-state index >= 15 is 0 Å². The molecule has 14 nitrogen and oxygen atoms in total. The van der Waals surface area contributed by atoms with Gasteiger partial charge in [-0.2, -0.15) is 0 Å². The number of nitrogens with zero attached hydrogens (tertiary/aromatic N) is 1. The van der Waals surface area contributed by atoms with Gasteiger partial charge in [0.05, 0.1) is 18.8 Å². The molecule has 0 saturated heterocycles. The number of hydrogen-bond acceptors (Lipinski definition) is 8. The number of aliphatic imine (C=N–C) groups is 1. The maximum absolute atomic E-state index is 12.5. The minimum absolute atomic E-state index is 0.0895. The molecule has 12 N–H and O–H groups in total. The van der Waals surface area contributed by atoms with Crippen molar-refractivity contribution in [3.05, 3.63) is 0 Å². The molecule has 0 aromatic carbocycles. The zero-order valence-corrected chi connectivity index (χ0v) is 16.9. The van der Waals surface area contributed by atoms with Crippen LogP contribution >= 0.6 is 0 Å². The second-order valence-electron chi connectivity index (χ2n) is 6.61. The standard InChI is InChI=1S/C16H31N7O7/c1-7(17)12(26)21-9(4-3-5-20-16(18)19)13(27)22-10(6-24)14(28)23-11(8(2)25)15(29)30/h7-11,24-25H,3-6,17H2,1-2H3,(H,21,26)(H,22,27)(H,23,28)(H,29,30)(H4,18,19,20). The Balaban J connectivity index is 5.19. The smallest absolute Gasteiger partial charge is 0.328 e. The summed E-state index contributed by atoms with van der Waals surface area (Å²) in [5.41, 5.74) is 15.9. The van der Waals surface area contributed by atoms with Crippen molar-refractivity contribution in [1.29, 1.82) is 0 Å². The Morgan fingerprint density at radius 3 is 1.93 bits per heavy atom. The lowest BCUT2D eigenvalue weighted by molar-refractivity contribution is -0.145. The number of carboxylic acids is 1. The molecular weight excluding hydrogens is 402 g/mol. The van der Waals surface area contributed by atoms with E-state index < -0.39 is 60.6 Å². The van der Waals surface area contributed by atoms with E-state index in [0.29, 0.717) is 6.42 Å². The fraction of sp³-hybridized carbons (Fsp3) is 0.688. The van der Waals surface area contributed by atoms with Gasteiger partial charge in [0, 0.05) is 6.54 Å². The molecular formula is C16H31N7O7. The summed E-state index contributed by atoms with van der Waals surface area (Å²) in [6.45, 7) is 1.89. The molecule has 5 atom stereocenters. The largest absolute Gasteiger partial charge is 0.480 e. The molecule has 0 radical (unpaired) electrons. The summed E-state index contributed by atoms with van der Waals surface area (Å²) >= 11 is 0. The van der Waals surface area contributed by atoms with Crippen molar-refractivity contribution in [2.75, 3.05) is 13.2 Å². The molecule has 0 heterocycles. The van der Waals surface area contributed by atoms with Gasteiger partial charge in [-0.1, -0.05) is 0 Å². The summed E-state index contributed by atoms with van der Waals surface area (Å²) in [6, 6.07) is -5.19. The Kier molecular flexibility index (Phi) is 12.0. The first kappa shape index (κ1) is 27.0. The van der Waals surface area contributed by atoms with Gasteiger partial charge in [-0.05, 0) is 26.7 Å². The second-order valence-corrected chi connectivity index (χ2v) is 6.61. The van der Waals surface area contributed by atoms with Crippen LogP contribution in [0.1, 0.15) is 26.7 Å². The molecule has 0 saturated carbocycles. The molecule has 3 amide bonds. The molecule has 0 rings (SSSR count). The van der Waals surface area contributed by atoms with E-state index in [-0.39, 0.29) is 18.9 Å². The van der Waals surface area contributed by atoms with Crippen LogP contribution in [0.3, 0.4) is 0 Å². The number of rotatable bonds is 13. The Labute approximate surface area is 173 Å². The Bertz CT molecular complexity index is 635.